The normalized spacial score (nSPS) is 14.6. The molecule has 1 saturated heterocycles. The minimum Gasteiger partial charge on any atom is -0.378 e. The van der Waals surface area contributed by atoms with Crippen LogP contribution in [0.4, 0.5) is 11.4 Å². The molecule has 120 valence electrons. The molecule has 0 saturated carbocycles. The lowest BCUT2D eigenvalue weighted by molar-refractivity contribution is 0.102. The Labute approximate surface area is 140 Å². The van der Waals surface area contributed by atoms with Crippen LogP contribution in [0.25, 0.3) is 0 Å². The van der Waals surface area contributed by atoms with Crippen molar-refractivity contribution < 1.29 is 9.53 Å². The summed E-state index contributed by atoms with van der Waals surface area (Å²) < 4.78 is 5.35. The van der Waals surface area contributed by atoms with E-state index in [-0.39, 0.29) is 5.91 Å². The van der Waals surface area contributed by atoms with Gasteiger partial charge in [0, 0.05) is 30.0 Å². The van der Waals surface area contributed by atoms with E-state index in [1.807, 2.05) is 19.1 Å². The van der Waals surface area contributed by atoms with Crippen molar-refractivity contribution in [2.75, 3.05) is 36.5 Å². The van der Waals surface area contributed by atoms with Gasteiger partial charge in [-0.1, -0.05) is 11.6 Å². The van der Waals surface area contributed by atoms with Crippen LogP contribution in [0.1, 0.15) is 15.9 Å². The van der Waals surface area contributed by atoms with Crippen molar-refractivity contribution in [3.8, 4) is 0 Å². The van der Waals surface area contributed by atoms with Crippen LogP contribution < -0.4 is 10.2 Å². The first-order chi connectivity index (χ1) is 11.1. The molecule has 0 unspecified atom stereocenters. The SMILES string of the molecule is Cc1cc(Cl)ccc1NC(=O)c1cncc(N2CCOCC2)c1. The fraction of sp³-hybridized carbons (Fsp3) is 0.294. The van der Waals surface area contributed by atoms with Crippen LogP contribution in [0, 0.1) is 6.92 Å². The van der Waals surface area contributed by atoms with E-state index in [0.717, 1.165) is 30.0 Å². The zero-order chi connectivity index (χ0) is 16.2. The molecule has 0 aliphatic carbocycles. The maximum absolute atomic E-state index is 12.5. The van der Waals surface area contributed by atoms with E-state index in [1.165, 1.54) is 0 Å². The molecule has 1 aliphatic rings. The van der Waals surface area contributed by atoms with Gasteiger partial charge in [-0.15, -0.1) is 0 Å². The monoisotopic (exact) mass is 331 g/mol. The summed E-state index contributed by atoms with van der Waals surface area (Å²) in [5, 5.41) is 3.55. The number of nitrogens with zero attached hydrogens (tertiary/aromatic N) is 2. The number of hydrogen-bond acceptors (Lipinski definition) is 4. The van der Waals surface area contributed by atoms with Gasteiger partial charge in [0.15, 0.2) is 0 Å². The number of anilines is 2. The number of amides is 1. The number of benzene rings is 1. The molecule has 6 heteroatoms. The summed E-state index contributed by atoms with van der Waals surface area (Å²) in [6.07, 6.45) is 3.35. The summed E-state index contributed by atoms with van der Waals surface area (Å²) >= 11 is 5.94. The summed E-state index contributed by atoms with van der Waals surface area (Å²) in [6, 6.07) is 7.24. The van der Waals surface area contributed by atoms with Crippen LogP contribution in [0.3, 0.4) is 0 Å². The summed E-state index contributed by atoms with van der Waals surface area (Å²) in [4.78, 5) is 18.8. The first-order valence-corrected chi connectivity index (χ1v) is 7.86. The zero-order valence-corrected chi connectivity index (χ0v) is 13.6. The fourth-order valence-electron chi connectivity index (χ4n) is 2.51. The quantitative estimate of drug-likeness (QED) is 0.938. The number of hydrogen-bond donors (Lipinski definition) is 1. The number of aromatic nitrogens is 1. The highest BCUT2D eigenvalue weighted by atomic mass is 35.5. The first-order valence-electron chi connectivity index (χ1n) is 7.49. The van der Waals surface area contributed by atoms with Crippen molar-refractivity contribution >= 4 is 28.9 Å². The van der Waals surface area contributed by atoms with E-state index >= 15 is 0 Å². The van der Waals surface area contributed by atoms with Crippen molar-refractivity contribution in [2.24, 2.45) is 0 Å². The lowest BCUT2D eigenvalue weighted by atomic mass is 10.2. The molecule has 5 nitrogen and oxygen atoms in total. The topological polar surface area (TPSA) is 54.5 Å². The second-order valence-electron chi connectivity index (χ2n) is 5.44. The van der Waals surface area contributed by atoms with Crippen molar-refractivity contribution in [1.29, 1.82) is 0 Å². The minimum atomic E-state index is -0.182. The average molecular weight is 332 g/mol. The van der Waals surface area contributed by atoms with Gasteiger partial charge in [0.25, 0.3) is 5.91 Å². The predicted molar refractivity (Wildman–Crippen MR) is 91.4 cm³/mol. The van der Waals surface area contributed by atoms with E-state index in [4.69, 9.17) is 16.3 Å². The molecule has 1 N–H and O–H groups in total. The molecule has 2 aromatic rings. The number of carbonyl (C=O) groups excluding carboxylic acids is 1. The highest BCUT2D eigenvalue weighted by Crippen LogP contribution is 2.21. The lowest BCUT2D eigenvalue weighted by Gasteiger charge is -2.28. The number of halogens is 1. The van der Waals surface area contributed by atoms with Crippen LogP contribution >= 0.6 is 11.6 Å². The summed E-state index contributed by atoms with van der Waals surface area (Å²) in [5.74, 6) is -0.182. The third kappa shape index (κ3) is 3.81. The van der Waals surface area contributed by atoms with Crippen LogP contribution in [0.5, 0.6) is 0 Å². The van der Waals surface area contributed by atoms with Crippen molar-refractivity contribution in [2.45, 2.75) is 6.92 Å². The molecule has 23 heavy (non-hydrogen) atoms. The number of carbonyl (C=O) groups is 1. The number of morpholine rings is 1. The second-order valence-corrected chi connectivity index (χ2v) is 5.88. The van der Waals surface area contributed by atoms with Crippen LogP contribution in [0.15, 0.2) is 36.7 Å². The number of ether oxygens (including phenoxy) is 1. The van der Waals surface area contributed by atoms with E-state index in [9.17, 15) is 4.79 Å². The smallest absolute Gasteiger partial charge is 0.257 e. The van der Waals surface area contributed by atoms with Gasteiger partial charge < -0.3 is 15.0 Å². The molecule has 2 heterocycles. The zero-order valence-electron chi connectivity index (χ0n) is 12.9. The molecule has 0 radical (unpaired) electrons. The largest absolute Gasteiger partial charge is 0.378 e. The van der Waals surface area contributed by atoms with E-state index in [1.54, 1.807) is 24.5 Å². The molecule has 1 aliphatic heterocycles. The van der Waals surface area contributed by atoms with Gasteiger partial charge in [0.2, 0.25) is 0 Å². The molecule has 1 aromatic carbocycles. The highest BCUT2D eigenvalue weighted by molar-refractivity contribution is 6.30. The number of nitrogens with one attached hydrogen (secondary N) is 1. The van der Waals surface area contributed by atoms with E-state index in [0.29, 0.717) is 23.8 Å². The number of pyridine rings is 1. The van der Waals surface area contributed by atoms with Gasteiger partial charge >= 0.3 is 0 Å². The van der Waals surface area contributed by atoms with Crippen LogP contribution in [-0.4, -0.2) is 37.2 Å². The second kappa shape index (κ2) is 6.98. The van der Waals surface area contributed by atoms with Crippen molar-refractivity contribution in [3.63, 3.8) is 0 Å². The standard InChI is InChI=1S/C17H18ClN3O2/c1-12-8-14(18)2-3-16(12)20-17(22)13-9-15(11-19-10-13)21-4-6-23-7-5-21/h2-3,8-11H,4-7H2,1H3,(H,20,22). The summed E-state index contributed by atoms with van der Waals surface area (Å²) in [5.41, 5.74) is 3.14. The molecule has 0 spiro atoms. The van der Waals surface area contributed by atoms with E-state index in [2.05, 4.69) is 15.2 Å². The van der Waals surface area contributed by atoms with Gasteiger partial charge in [-0.05, 0) is 36.8 Å². The third-order valence-electron chi connectivity index (χ3n) is 3.80. The summed E-state index contributed by atoms with van der Waals surface area (Å²) in [6.45, 7) is 4.91. The van der Waals surface area contributed by atoms with Crippen molar-refractivity contribution in [1.82, 2.24) is 4.98 Å². The fourth-order valence-corrected chi connectivity index (χ4v) is 2.73. The molecule has 1 aromatic heterocycles. The lowest BCUT2D eigenvalue weighted by Crippen LogP contribution is -2.36. The Bertz CT molecular complexity index is 715. The van der Waals surface area contributed by atoms with Crippen molar-refractivity contribution in [3.05, 3.63) is 52.8 Å². The molecular weight excluding hydrogens is 314 g/mol. The Morgan fingerprint density at radius 1 is 1.26 bits per heavy atom. The van der Waals surface area contributed by atoms with Gasteiger partial charge in [0.05, 0.1) is 30.7 Å². The van der Waals surface area contributed by atoms with Crippen LogP contribution in [-0.2, 0) is 4.74 Å². The minimum absolute atomic E-state index is 0.182. The molecule has 0 bridgehead atoms. The Morgan fingerprint density at radius 2 is 2.04 bits per heavy atom. The average Bonchev–Trinajstić information content (AvgIpc) is 2.58. The maximum Gasteiger partial charge on any atom is 0.257 e. The first kappa shape index (κ1) is 15.8. The summed E-state index contributed by atoms with van der Waals surface area (Å²) in [7, 11) is 0. The van der Waals surface area contributed by atoms with Gasteiger partial charge in [-0.25, -0.2) is 0 Å². The Morgan fingerprint density at radius 3 is 2.78 bits per heavy atom. The molecular formula is C17H18ClN3O2. The number of aryl methyl sites for hydroxylation is 1. The van der Waals surface area contributed by atoms with Crippen LogP contribution in [0.2, 0.25) is 5.02 Å². The van der Waals surface area contributed by atoms with Gasteiger partial charge in [0.1, 0.15) is 0 Å². The molecule has 1 amide bonds. The molecule has 3 rings (SSSR count). The predicted octanol–water partition coefficient (Wildman–Crippen LogP) is 3.13. The highest BCUT2D eigenvalue weighted by Gasteiger charge is 2.14. The Kier molecular flexibility index (Phi) is 4.79. The van der Waals surface area contributed by atoms with Gasteiger partial charge in [-0.2, -0.15) is 0 Å². The third-order valence-corrected chi connectivity index (χ3v) is 4.03. The molecule has 0 atom stereocenters. The Hall–Kier alpha value is -2.11. The Balaban J connectivity index is 1.76. The maximum atomic E-state index is 12.5. The van der Waals surface area contributed by atoms with Gasteiger partial charge in [-0.3, -0.25) is 9.78 Å². The number of rotatable bonds is 3. The molecule has 1 fully saturated rings. The van der Waals surface area contributed by atoms with E-state index < -0.39 is 0 Å².